The van der Waals surface area contributed by atoms with E-state index in [4.69, 9.17) is 9.31 Å². The van der Waals surface area contributed by atoms with Crippen molar-refractivity contribution in [1.82, 2.24) is 9.80 Å². The van der Waals surface area contributed by atoms with Gasteiger partial charge in [0, 0.05) is 75.0 Å². The van der Waals surface area contributed by atoms with E-state index in [1.165, 1.54) is 11.1 Å². The van der Waals surface area contributed by atoms with Crippen LogP contribution in [0.5, 0.6) is 0 Å². The first-order chi connectivity index (χ1) is 17.6. The van der Waals surface area contributed by atoms with E-state index >= 15 is 0 Å². The zero-order valence-electron chi connectivity index (χ0n) is 22.4. The highest BCUT2D eigenvalue weighted by molar-refractivity contribution is 9.10. The van der Waals surface area contributed by atoms with Crippen LogP contribution in [0.25, 0.3) is 0 Å². The van der Waals surface area contributed by atoms with Gasteiger partial charge >= 0.3 is 7.12 Å². The topological polar surface area (TPSA) is 59.1 Å². The summed E-state index contributed by atoms with van der Waals surface area (Å²) in [5, 5.41) is 0. The minimum absolute atomic E-state index is 0.0937. The molecule has 3 saturated heterocycles. The highest BCUT2D eigenvalue weighted by Gasteiger charge is 2.33. The Morgan fingerprint density at radius 1 is 0.811 bits per heavy atom. The van der Waals surface area contributed by atoms with Gasteiger partial charge < -0.3 is 19.1 Å². The highest BCUT2D eigenvalue weighted by atomic mass is 79.9. The van der Waals surface area contributed by atoms with Crippen molar-refractivity contribution >= 4 is 40.3 Å². The Morgan fingerprint density at radius 3 is 1.65 bits per heavy atom. The van der Waals surface area contributed by atoms with Gasteiger partial charge in [0.2, 0.25) is 11.8 Å². The number of amides is 2. The minimum atomic E-state index is -0.251. The molecule has 3 aliphatic heterocycles. The lowest BCUT2D eigenvalue weighted by molar-refractivity contribution is -0.128. The second-order valence-corrected chi connectivity index (χ2v) is 12.2. The average molecular weight is 569 g/mol. The molecule has 2 aromatic carbocycles. The van der Waals surface area contributed by atoms with Gasteiger partial charge in [0.15, 0.2) is 0 Å². The van der Waals surface area contributed by atoms with Crippen molar-refractivity contribution in [3.05, 3.63) is 64.1 Å². The monoisotopic (exact) mass is 568 g/mol. The van der Waals surface area contributed by atoms with Crippen LogP contribution in [0.4, 0.5) is 0 Å². The molecule has 5 rings (SSSR count). The second kappa shape index (κ2) is 12.1. The van der Waals surface area contributed by atoms with Crippen molar-refractivity contribution in [1.29, 1.82) is 0 Å². The Hall–Kier alpha value is -2.16. The fourth-order valence-corrected chi connectivity index (χ4v) is 5.45. The minimum Gasteiger partial charge on any atom is -0.407 e. The van der Waals surface area contributed by atoms with Gasteiger partial charge in [-0.2, -0.15) is 0 Å². The van der Waals surface area contributed by atoms with Crippen molar-refractivity contribution in [2.24, 2.45) is 5.41 Å². The smallest absolute Gasteiger partial charge is 0.407 e. The lowest BCUT2D eigenvalue weighted by Crippen LogP contribution is -2.47. The number of rotatable bonds is 3. The quantitative estimate of drug-likeness (QED) is 0.509. The van der Waals surface area contributed by atoms with E-state index in [9.17, 15) is 9.59 Å². The summed E-state index contributed by atoms with van der Waals surface area (Å²) in [6.45, 7) is 12.5. The largest absolute Gasteiger partial charge is 0.493 e. The average Bonchev–Trinajstić information content (AvgIpc) is 3.56. The summed E-state index contributed by atoms with van der Waals surface area (Å²) in [7, 11) is -0.251. The van der Waals surface area contributed by atoms with Crippen LogP contribution >= 0.6 is 15.9 Å². The van der Waals surface area contributed by atoms with E-state index < -0.39 is 0 Å². The standard InChI is InChI=1S/C17H24BNO3.C12H14BrNO/c1-13(20)19-9-8-15(10-19)14-4-6-16(7-5-14)18-21-11-17(2,3)12-22-18;1-9(15)14-7-6-11(8-14)10-2-4-12(13)5-3-10/h4-7,15H,8-12H2,1-3H3;2-5,11H,6-8H2,1H3. The van der Waals surface area contributed by atoms with Gasteiger partial charge in [-0.25, -0.2) is 0 Å². The van der Waals surface area contributed by atoms with Gasteiger partial charge in [0.25, 0.3) is 0 Å². The highest BCUT2D eigenvalue weighted by Crippen LogP contribution is 2.29. The number of likely N-dealkylation sites (tertiary alicyclic amines) is 2. The summed E-state index contributed by atoms with van der Waals surface area (Å²) >= 11 is 3.42. The summed E-state index contributed by atoms with van der Waals surface area (Å²) in [6, 6.07) is 16.9. The molecule has 0 spiro atoms. The molecule has 0 radical (unpaired) electrons. The first-order valence-electron chi connectivity index (χ1n) is 13.2. The van der Waals surface area contributed by atoms with Gasteiger partial charge in [-0.1, -0.05) is 66.2 Å². The fraction of sp³-hybridized carbons (Fsp3) is 0.517. The third-order valence-corrected chi connectivity index (χ3v) is 8.07. The summed E-state index contributed by atoms with van der Waals surface area (Å²) in [4.78, 5) is 26.5. The van der Waals surface area contributed by atoms with Crippen LogP contribution in [0, 0.1) is 5.41 Å². The first-order valence-corrected chi connectivity index (χ1v) is 14.0. The Kier molecular flexibility index (Phi) is 9.14. The molecular formula is C29H38BBrN2O4. The number of carbonyl (C=O) groups excluding carboxylic acids is 2. The third kappa shape index (κ3) is 7.46. The summed E-state index contributed by atoms with van der Waals surface area (Å²) < 4.78 is 12.7. The van der Waals surface area contributed by atoms with Crippen molar-refractivity contribution in [3.63, 3.8) is 0 Å². The van der Waals surface area contributed by atoms with Crippen molar-refractivity contribution in [2.75, 3.05) is 39.4 Å². The third-order valence-electron chi connectivity index (χ3n) is 7.54. The van der Waals surface area contributed by atoms with E-state index in [0.29, 0.717) is 11.8 Å². The lowest BCUT2D eigenvalue weighted by Gasteiger charge is -2.33. The molecular weight excluding hydrogens is 531 g/mol. The summed E-state index contributed by atoms with van der Waals surface area (Å²) in [5.74, 6) is 1.33. The van der Waals surface area contributed by atoms with Gasteiger partial charge in [-0.05, 0) is 41.6 Å². The van der Waals surface area contributed by atoms with Crippen molar-refractivity contribution < 1.29 is 18.9 Å². The molecule has 2 amide bonds. The van der Waals surface area contributed by atoms with Crippen molar-refractivity contribution in [2.45, 2.75) is 52.4 Å². The van der Waals surface area contributed by atoms with Crippen LogP contribution in [0.3, 0.4) is 0 Å². The molecule has 8 heteroatoms. The molecule has 3 heterocycles. The number of carbonyl (C=O) groups is 2. The number of hydrogen-bond acceptors (Lipinski definition) is 4. The molecule has 0 N–H and O–H groups in total. The van der Waals surface area contributed by atoms with Crippen LogP contribution in [0.15, 0.2) is 53.0 Å². The maximum atomic E-state index is 11.4. The fourth-order valence-electron chi connectivity index (χ4n) is 5.18. The number of benzene rings is 2. The Morgan fingerprint density at radius 2 is 1.24 bits per heavy atom. The Bertz CT molecular complexity index is 1070. The molecule has 3 fully saturated rings. The van der Waals surface area contributed by atoms with Crippen LogP contribution in [-0.2, 0) is 18.9 Å². The Balaban J connectivity index is 0.000000186. The maximum Gasteiger partial charge on any atom is 0.493 e. The number of hydrogen-bond donors (Lipinski definition) is 0. The normalized spacial score (nSPS) is 23.0. The molecule has 2 atom stereocenters. The molecule has 198 valence electrons. The molecule has 3 aliphatic rings. The van der Waals surface area contributed by atoms with E-state index in [1.807, 2.05) is 9.80 Å². The lowest BCUT2D eigenvalue weighted by atomic mass is 9.75. The molecule has 0 saturated carbocycles. The molecule has 0 bridgehead atoms. The van der Waals surface area contributed by atoms with Crippen LogP contribution in [-0.4, -0.2) is 68.1 Å². The van der Waals surface area contributed by atoms with Crippen LogP contribution < -0.4 is 5.46 Å². The Labute approximate surface area is 230 Å². The maximum absolute atomic E-state index is 11.4. The van der Waals surface area contributed by atoms with E-state index in [1.54, 1.807) is 13.8 Å². The van der Waals surface area contributed by atoms with Crippen molar-refractivity contribution in [3.8, 4) is 0 Å². The van der Waals surface area contributed by atoms with Gasteiger partial charge in [-0.15, -0.1) is 0 Å². The first kappa shape index (κ1) is 27.9. The zero-order chi connectivity index (χ0) is 26.6. The van der Waals surface area contributed by atoms with E-state index in [0.717, 1.165) is 62.2 Å². The zero-order valence-corrected chi connectivity index (χ0v) is 24.0. The predicted molar refractivity (Wildman–Crippen MR) is 151 cm³/mol. The van der Waals surface area contributed by atoms with Gasteiger partial charge in [0.1, 0.15) is 0 Å². The van der Waals surface area contributed by atoms with Gasteiger partial charge in [-0.3, -0.25) is 9.59 Å². The second-order valence-electron chi connectivity index (χ2n) is 11.2. The number of halogens is 1. The molecule has 0 aliphatic carbocycles. The van der Waals surface area contributed by atoms with Gasteiger partial charge in [0.05, 0.1) is 0 Å². The molecule has 0 aromatic heterocycles. The molecule has 6 nitrogen and oxygen atoms in total. The summed E-state index contributed by atoms with van der Waals surface area (Å²) in [6.07, 6.45) is 2.13. The predicted octanol–water partition coefficient (Wildman–Crippen LogP) is 4.58. The van der Waals surface area contributed by atoms with Crippen LogP contribution in [0.2, 0.25) is 0 Å². The van der Waals surface area contributed by atoms with E-state index in [2.05, 4.69) is 78.3 Å². The van der Waals surface area contributed by atoms with Crippen LogP contribution in [0.1, 0.15) is 63.5 Å². The SMILES string of the molecule is CC(=O)N1CCC(c2ccc(B3OCC(C)(C)CO3)cc2)C1.CC(=O)N1CCC(c2ccc(Br)cc2)C1. The number of nitrogens with zero attached hydrogens (tertiary/aromatic N) is 2. The van der Waals surface area contributed by atoms with E-state index in [-0.39, 0.29) is 24.3 Å². The molecule has 37 heavy (non-hydrogen) atoms. The molecule has 2 aromatic rings. The summed E-state index contributed by atoms with van der Waals surface area (Å²) in [5.41, 5.74) is 3.79. The molecule has 2 unspecified atom stereocenters.